The molecule has 0 spiro atoms. The number of benzene rings is 1. The summed E-state index contributed by atoms with van der Waals surface area (Å²) in [6.07, 6.45) is 0.430. The highest BCUT2D eigenvalue weighted by Crippen LogP contribution is 2.29. The van der Waals surface area contributed by atoms with Crippen molar-refractivity contribution < 1.29 is 14.7 Å². The average Bonchev–Trinajstić information content (AvgIpc) is 2.90. The monoisotopic (exact) mass is 291 g/mol. The second-order valence-electron chi connectivity index (χ2n) is 5.39. The van der Waals surface area contributed by atoms with Crippen LogP contribution in [0.25, 0.3) is 0 Å². The lowest BCUT2D eigenvalue weighted by atomic mass is 10.1. The van der Waals surface area contributed by atoms with Crippen LogP contribution in [-0.2, 0) is 11.2 Å². The first-order valence-corrected chi connectivity index (χ1v) is 7.04. The maximum Gasteiger partial charge on any atom is 0.264 e. The number of ether oxygens (including phenoxy) is 1. The summed E-state index contributed by atoms with van der Waals surface area (Å²) in [4.78, 5) is 14.3. The van der Waals surface area contributed by atoms with Crippen LogP contribution in [0.4, 0.5) is 0 Å². The van der Waals surface area contributed by atoms with Crippen molar-refractivity contribution in [2.45, 2.75) is 38.8 Å². The van der Waals surface area contributed by atoms with E-state index in [0.717, 1.165) is 11.3 Å². The average molecular weight is 291 g/mol. The van der Waals surface area contributed by atoms with E-state index in [2.05, 4.69) is 5.16 Å². The van der Waals surface area contributed by atoms with Gasteiger partial charge in [-0.05, 0) is 25.5 Å². The molecule has 1 unspecified atom stereocenters. The highest BCUT2D eigenvalue weighted by atomic mass is 16.5. The van der Waals surface area contributed by atoms with Gasteiger partial charge in [0.05, 0.1) is 0 Å². The van der Waals surface area contributed by atoms with Gasteiger partial charge in [0.2, 0.25) is 0 Å². The van der Waals surface area contributed by atoms with Gasteiger partial charge in [0, 0.05) is 25.4 Å². The van der Waals surface area contributed by atoms with Gasteiger partial charge in [-0.3, -0.25) is 4.79 Å². The Morgan fingerprint density at radius 2 is 2.24 bits per heavy atom. The quantitative estimate of drug-likeness (QED) is 0.371. The van der Waals surface area contributed by atoms with Crippen molar-refractivity contribution in [3.05, 3.63) is 29.8 Å². The summed E-state index contributed by atoms with van der Waals surface area (Å²) in [6.45, 7) is 4.28. The number of hydrogen-bond donors (Lipinski definition) is 2. The number of hydrogen-bond acceptors (Lipinski definition) is 4. The van der Waals surface area contributed by atoms with Crippen molar-refractivity contribution in [1.82, 2.24) is 4.90 Å². The Kier molecular flexibility index (Phi) is 4.67. The lowest BCUT2D eigenvalue weighted by Crippen LogP contribution is -2.46. The molecule has 2 rings (SSSR count). The third-order valence-electron chi connectivity index (χ3n) is 3.57. The van der Waals surface area contributed by atoms with Crippen LogP contribution in [-0.4, -0.2) is 40.5 Å². The normalized spacial score (nSPS) is 17.5. The minimum absolute atomic E-state index is 0.0244. The van der Waals surface area contributed by atoms with Gasteiger partial charge in [-0.1, -0.05) is 23.4 Å². The second-order valence-corrected chi connectivity index (χ2v) is 5.39. The molecule has 114 valence electrons. The SMILES string of the molecule is CC(C)N(CCC(N)=NO)C(=O)C1Cc2ccccc2O1. The topological polar surface area (TPSA) is 88.1 Å². The number of carbonyl (C=O) groups is 1. The number of carbonyl (C=O) groups excluding carboxylic acids is 1. The molecule has 1 amide bonds. The van der Waals surface area contributed by atoms with Crippen molar-refractivity contribution in [2.75, 3.05) is 6.54 Å². The Bertz CT molecular complexity index is 518. The van der Waals surface area contributed by atoms with E-state index in [0.29, 0.717) is 19.4 Å². The van der Waals surface area contributed by atoms with Crippen LogP contribution < -0.4 is 10.5 Å². The Labute approximate surface area is 124 Å². The molecular weight excluding hydrogens is 270 g/mol. The van der Waals surface area contributed by atoms with Crippen molar-refractivity contribution in [1.29, 1.82) is 0 Å². The Balaban J connectivity index is 2.03. The number of fused-ring (bicyclic) bond motifs is 1. The number of nitrogens with zero attached hydrogens (tertiary/aromatic N) is 2. The molecule has 0 aromatic heterocycles. The summed E-state index contributed by atoms with van der Waals surface area (Å²) < 4.78 is 5.73. The summed E-state index contributed by atoms with van der Waals surface area (Å²) in [7, 11) is 0. The van der Waals surface area contributed by atoms with E-state index in [9.17, 15) is 4.79 Å². The van der Waals surface area contributed by atoms with Gasteiger partial charge in [0.15, 0.2) is 6.10 Å². The van der Waals surface area contributed by atoms with Crippen LogP contribution in [0.1, 0.15) is 25.8 Å². The van der Waals surface area contributed by atoms with E-state index in [-0.39, 0.29) is 17.8 Å². The summed E-state index contributed by atoms with van der Waals surface area (Å²) in [5.41, 5.74) is 6.53. The van der Waals surface area contributed by atoms with E-state index < -0.39 is 6.10 Å². The van der Waals surface area contributed by atoms with Gasteiger partial charge in [0.1, 0.15) is 11.6 Å². The number of para-hydroxylation sites is 1. The molecule has 0 radical (unpaired) electrons. The first kappa shape index (κ1) is 15.2. The van der Waals surface area contributed by atoms with Crippen molar-refractivity contribution in [3.8, 4) is 5.75 Å². The number of rotatable bonds is 5. The summed E-state index contributed by atoms with van der Waals surface area (Å²) >= 11 is 0. The molecule has 21 heavy (non-hydrogen) atoms. The van der Waals surface area contributed by atoms with Crippen LogP contribution >= 0.6 is 0 Å². The predicted octanol–water partition coefficient (Wildman–Crippen LogP) is 1.36. The Hall–Kier alpha value is -2.24. The molecule has 1 aromatic carbocycles. The highest BCUT2D eigenvalue weighted by molar-refractivity contribution is 5.84. The van der Waals surface area contributed by atoms with Crippen molar-refractivity contribution >= 4 is 11.7 Å². The highest BCUT2D eigenvalue weighted by Gasteiger charge is 2.33. The molecule has 1 atom stereocenters. The van der Waals surface area contributed by atoms with Gasteiger partial charge < -0.3 is 20.6 Å². The van der Waals surface area contributed by atoms with E-state index >= 15 is 0 Å². The van der Waals surface area contributed by atoms with Crippen LogP contribution in [0, 0.1) is 0 Å². The van der Waals surface area contributed by atoms with E-state index in [1.54, 1.807) is 4.90 Å². The molecule has 0 bridgehead atoms. The molecule has 0 fully saturated rings. The minimum atomic E-state index is -0.489. The number of amidine groups is 1. The number of oxime groups is 1. The fraction of sp³-hybridized carbons (Fsp3) is 0.467. The van der Waals surface area contributed by atoms with Crippen LogP contribution in [0.2, 0.25) is 0 Å². The molecule has 0 saturated heterocycles. The van der Waals surface area contributed by atoms with Crippen molar-refractivity contribution in [3.63, 3.8) is 0 Å². The summed E-state index contributed by atoms with van der Waals surface area (Å²) in [5, 5.41) is 11.5. The van der Waals surface area contributed by atoms with Crippen LogP contribution in [0.5, 0.6) is 5.75 Å². The fourth-order valence-electron chi connectivity index (χ4n) is 2.41. The predicted molar refractivity (Wildman–Crippen MR) is 79.4 cm³/mol. The molecule has 6 heteroatoms. The third-order valence-corrected chi connectivity index (χ3v) is 3.57. The first-order valence-electron chi connectivity index (χ1n) is 7.04. The molecule has 1 aliphatic heterocycles. The largest absolute Gasteiger partial charge is 0.480 e. The maximum atomic E-state index is 12.6. The molecule has 1 aromatic rings. The number of amides is 1. The van der Waals surface area contributed by atoms with E-state index in [1.807, 2.05) is 38.1 Å². The lowest BCUT2D eigenvalue weighted by Gasteiger charge is -2.28. The van der Waals surface area contributed by atoms with Gasteiger partial charge in [0.25, 0.3) is 5.91 Å². The molecule has 3 N–H and O–H groups in total. The standard InChI is InChI=1S/C15H21N3O3/c1-10(2)18(8-7-14(16)17-20)15(19)13-9-11-5-3-4-6-12(11)21-13/h3-6,10,13,20H,7-9H2,1-2H3,(H2,16,17). The third kappa shape index (κ3) is 3.45. The first-order chi connectivity index (χ1) is 10.0. The minimum Gasteiger partial charge on any atom is -0.480 e. The summed E-state index contributed by atoms with van der Waals surface area (Å²) in [5.74, 6) is 0.826. The molecule has 6 nitrogen and oxygen atoms in total. The zero-order valence-electron chi connectivity index (χ0n) is 12.3. The second kappa shape index (κ2) is 6.47. The fourth-order valence-corrected chi connectivity index (χ4v) is 2.41. The van der Waals surface area contributed by atoms with Crippen LogP contribution in [0.3, 0.4) is 0 Å². The Morgan fingerprint density at radius 1 is 1.52 bits per heavy atom. The van der Waals surface area contributed by atoms with Crippen LogP contribution in [0.15, 0.2) is 29.4 Å². The lowest BCUT2D eigenvalue weighted by molar-refractivity contribution is -0.139. The van der Waals surface area contributed by atoms with E-state index in [1.165, 1.54) is 0 Å². The maximum absolute atomic E-state index is 12.6. The zero-order chi connectivity index (χ0) is 15.4. The smallest absolute Gasteiger partial charge is 0.264 e. The molecular formula is C15H21N3O3. The van der Waals surface area contributed by atoms with Gasteiger partial charge in [-0.25, -0.2) is 0 Å². The van der Waals surface area contributed by atoms with E-state index in [4.69, 9.17) is 15.7 Å². The number of nitrogens with two attached hydrogens (primary N) is 1. The van der Waals surface area contributed by atoms with Crippen molar-refractivity contribution in [2.24, 2.45) is 10.9 Å². The van der Waals surface area contributed by atoms with Gasteiger partial charge in [-0.15, -0.1) is 0 Å². The van der Waals surface area contributed by atoms with Gasteiger partial charge >= 0.3 is 0 Å². The molecule has 1 heterocycles. The molecule has 0 aliphatic carbocycles. The molecule has 1 aliphatic rings. The van der Waals surface area contributed by atoms with Gasteiger partial charge in [-0.2, -0.15) is 0 Å². The summed E-state index contributed by atoms with van der Waals surface area (Å²) in [6, 6.07) is 7.70. The zero-order valence-corrected chi connectivity index (χ0v) is 12.3. The molecule has 0 saturated carbocycles. The Morgan fingerprint density at radius 3 is 2.86 bits per heavy atom.